The van der Waals surface area contributed by atoms with Crippen molar-refractivity contribution in [1.29, 1.82) is 0 Å². The summed E-state index contributed by atoms with van der Waals surface area (Å²) >= 11 is 0. The van der Waals surface area contributed by atoms with Crippen LogP contribution in [0.3, 0.4) is 0 Å². The van der Waals surface area contributed by atoms with Gasteiger partial charge in [-0.25, -0.2) is 0 Å². The number of fused-ring (bicyclic) bond motifs is 1. The van der Waals surface area contributed by atoms with Gasteiger partial charge < -0.3 is 19.7 Å². The monoisotopic (exact) mass is 364 g/mol. The van der Waals surface area contributed by atoms with Crippen molar-refractivity contribution in [2.75, 3.05) is 6.61 Å². The topological polar surface area (TPSA) is 93.1 Å². The Bertz CT molecular complexity index is 688. The molecule has 2 bridgehead atoms. The van der Waals surface area contributed by atoms with Crippen LogP contribution < -0.4 is 0 Å². The molecule has 3 saturated carbocycles. The van der Waals surface area contributed by atoms with Crippen molar-refractivity contribution in [3.63, 3.8) is 0 Å². The zero-order valence-electron chi connectivity index (χ0n) is 15.6. The molecule has 0 aromatic carbocycles. The van der Waals surface area contributed by atoms with Crippen molar-refractivity contribution < 1.29 is 29.3 Å². The Hall–Kier alpha value is -0.980. The van der Waals surface area contributed by atoms with E-state index in [1.165, 1.54) is 0 Å². The first-order chi connectivity index (χ1) is 12.2. The number of aliphatic hydroxyl groups excluding tert-OH is 2. The Morgan fingerprint density at radius 2 is 1.88 bits per heavy atom. The number of rotatable bonds is 0. The van der Waals surface area contributed by atoms with E-state index in [1.807, 2.05) is 6.92 Å². The van der Waals surface area contributed by atoms with Crippen LogP contribution in [0.15, 0.2) is 0 Å². The standard InChI is InChI=1S/C20H28O6/c1-9-10-6-11(21)13-19(7-10,15(9)22)17(24)26-12-4-5-18(2,3)14-16(23)25-8-20(12,13)14/h9-14,16,21,23H,4-8H2,1-3H3/t9-,10-,11+,12+,13+,14-,16-,19+,20+/m1/s1. The quantitative estimate of drug-likeness (QED) is 0.497. The third-order valence-electron chi connectivity index (χ3n) is 8.66. The molecule has 2 aliphatic heterocycles. The van der Waals surface area contributed by atoms with Gasteiger partial charge in [-0.3, -0.25) is 9.59 Å². The summed E-state index contributed by atoms with van der Waals surface area (Å²) in [7, 11) is 0. The van der Waals surface area contributed by atoms with Crippen LogP contribution in [0.4, 0.5) is 0 Å². The van der Waals surface area contributed by atoms with Crippen LogP contribution >= 0.6 is 0 Å². The molecule has 26 heavy (non-hydrogen) atoms. The van der Waals surface area contributed by atoms with Crippen LogP contribution in [0, 0.1) is 39.9 Å². The van der Waals surface area contributed by atoms with Crippen LogP contribution in [0.25, 0.3) is 0 Å². The molecule has 6 heteroatoms. The number of aliphatic hydroxyl groups is 2. The highest BCUT2D eigenvalue weighted by molar-refractivity contribution is 6.08. The van der Waals surface area contributed by atoms with Gasteiger partial charge in [0.05, 0.1) is 12.7 Å². The van der Waals surface area contributed by atoms with E-state index in [0.717, 1.165) is 6.42 Å². The lowest BCUT2D eigenvalue weighted by Gasteiger charge is -2.62. The second-order valence-corrected chi connectivity index (χ2v) is 10.1. The van der Waals surface area contributed by atoms with Gasteiger partial charge in [-0.05, 0) is 37.0 Å². The van der Waals surface area contributed by atoms with Crippen molar-refractivity contribution in [3.05, 3.63) is 0 Å². The van der Waals surface area contributed by atoms with E-state index >= 15 is 0 Å². The van der Waals surface area contributed by atoms with Gasteiger partial charge in [-0.2, -0.15) is 0 Å². The number of Topliss-reactive ketones (excluding diaryl/α,β-unsaturated/α-hetero) is 1. The minimum atomic E-state index is -1.27. The smallest absolute Gasteiger partial charge is 0.320 e. The lowest BCUT2D eigenvalue weighted by molar-refractivity contribution is -0.251. The largest absolute Gasteiger partial charge is 0.461 e. The average Bonchev–Trinajstić information content (AvgIpc) is 3.01. The molecule has 2 heterocycles. The fourth-order valence-electron chi connectivity index (χ4n) is 7.68. The number of hydrogen-bond acceptors (Lipinski definition) is 6. The Morgan fingerprint density at radius 3 is 2.62 bits per heavy atom. The number of carbonyl (C=O) groups is 2. The maximum Gasteiger partial charge on any atom is 0.320 e. The fraction of sp³-hybridized carbons (Fsp3) is 0.900. The third kappa shape index (κ3) is 1.66. The van der Waals surface area contributed by atoms with E-state index in [9.17, 15) is 19.8 Å². The fourth-order valence-corrected chi connectivity index (χ4v) is 7.68. The Kier molecular flexibility index (Phi) is 3.22. The SMILES string of the molecule is C[C@H]1C(=O)[C@]23C[C@H]1C[C@H](O)[C@@H]2[C@@]12CO[C@@H](O)[C@@H]1C(C)(C)CC[C@@H]2OC3=O. The molecule has 2 N–H and O–H groups in total. The highest BCUT2D eigenvalue weighted by Gasteiger charge is 2.79. The molecular weight excluding hydrogens is 336 g/mol. The molecule has 0 radical (unpaired) electrons. The second-order valence-electron chi connectivity index (χ2n) is 10.1. The summed E-state index contributed by atoms with van der Waals surface area (Å²) in [5, 5.41) is 21.9. The van der Waals surface area contributed by atoms with Crippen molar-refractivity contribution in [1.82, 2.24) is 0 Å². The Morgan fingerprint density at radius 1 is 1.15 bits per heavy atom. The van der Waals surface area contributed by atoms with Gasteiger partial charge >= 0.3 is 5.97 Å². The first-order valence-electron chi connectivity index (χ1n) is 9.89. The number of carbonyl (C=O) groups excluding carboxylic acids is 2. The number of ketones is 1. The normalized spacial score (nSPS) is 57.2. The molecule has 2 spiro atoms. The van der Waals surface area contributed by atoms with E-state index in [1.54, 1.807) is 0 Å². The van der Waals surface area contributed by atoms with E-state index in [2.05, 4.69) is 13.8 Å². The summed E-state index contributed by atoms with van der Waals surface area (Å²) in [6, 6.07) is 0. The van der Waals surface area contributed by atoms with Crippen LogP contribution in [0.1, 0.15) is 46.5 Å². The van der Waals surface area contributed by atoms with Crippen molar-refractivity contribution in [2.45, 2.75) is 65.0 Å². The van der Waals surface area contributed by atoms with Crippen LogP contribution in [-0.2, 0) is 19.1 Å². The van der Waals surface area contributed by atoms with Gasteiger partial charge in [0.15, 0.2) is 12.1 Å². The predicted octanol–water partition coefficient (Wildman–Crippen LogP) is 1.28. The molecule has 2 saturated heterocycles. The van der Waals surface area contributed by atoms with Gasteiger partial charge in [0, 0.05) is 23.2 Å². The van der Waals surface area contributed by atoms with Gasteiger partial charge in [-0.1, -0.05) is 20.8 Å². The highest BCUT2D eigenvalue weighted by Crippen LogP contribution is 2.71. The van der Waals surface area contributed by atoms with Gasteiger partial charge in [0.1, 0.15) is 11.5 Å². The first-order valence-corrected chi connectivity index (χ1v) is 9.89. The molecule has 0 aromatic heterocycles. The summed E-state index contributed by atoms with van der Waals surface area (Å²) < 4.78 is 11.7. The van der Waals surface area contributed by atoms with Crippen LogP contribution in [0.2, 0.25) is 0 Å². The Balaban J connectivity index is 1.73. The Labute approximate surface area is 153 Å². The molecule has 5 rings (SSSR count). The number of ether oxygens (including phenoxy) is 2. The maximum absolute atomic E-state index is 13.3. The molecule has 5 fully saturated rings. The van der Waals surface area contributed by atoms with Crippen molar-refractivity contribution in [3.8, 4) is 0 Å². The van der Waals surface area contributed by atoms with Crippen LogP contribution in [-0.4, -0.2) is 47.1 Å². The zero-order chi connectivity index (χ0) is 18.6. The summed E-state index contributed by atoms with van der Waals surface area (Å²) in [4.78, 5) is 26.4. The maximum atomic E-state index is 13.3. The van der Waals surface area contributed by atoms with Crippen LogP contribution in [0.5, 0.6) is 0 Å². The van der Waals surface area contributed by atoms with E-state index in [0.29, 0.717) is 19.3 Å². The molecule has 5 aliphatic rings. The van der Waals surface area contributed by atoms with Gasteiger partial charge in [0.2, 0.25) is 0 Å². The molecule has 0 unspecified atom stereocenters. The minimum Gasteiger partial charge on any atom is -0.461 e. The minimum absolute atomic E-state index is 0.0246. The number of esters is 1. The van der Waals surface area contributed by atoms with Crippen molar-refractivity contribution >= 4 is 11.8 Å². The third-order valence-corrected chi connectivity index (χ3v) is 8.66. The predicted molar refractivity (Wildman–Crippen MR) is 89.6 cm³/mol. The number of hydrogen-bond donors (Lipinski definition) is 2. The van der Waals surface area contributed by atoms with Gasteiger partial charge in [-0.15, -0.1) is 0 Å². The summed E-state index contributed by atoms with van der Waals surface area (Å²) in [5.41, 5.74) is -2.18. The van der Waals surface area contributed by atoms with Gasteiger partial charge in [0.25, 0.3) is 0 Å². The molecule has 9 atom stereocenters. The summed E-state index contributed by atoms with van der Waals surface area (Å²) in [6.07, 6.45) is 0.369. The second kappa shape index (κ2) is 4.89. The molecule has 144 valence electrons. The van der Waals surface area contributed by atoms with E-state index in [-0.39, 0.29) is 35.6 Å². The molecule has 3 aliphatic carbocycles. The summed E-state index contributed by atoms with van der Waals surface area (Å²) in [6.45, 7) is 6.31. The van der Waals surface area contributed by atoms with Crippen molar-refractivity contribution in [2.24, 2.45) is 39.9 Å². The zero-order valence-corrected chi connectivity index (χ0v) is 15.6. The molecule has 6 nitrogen and oxygen atoms in total. The summed E-state index contributed by atoms with van der Waals surface area (Å²) in [5.74, 6) is -1.54. The average molecular weight is 364 g/mol. The molecule has 0 amide bonds. The highest BCUT2D eigenvalue weighted by atomic mass is 16.6. The molecular formula is C20H28O6. The van der Waals surface area contributed by atoms with E-state index in [4.69, 9.17) is 9.47 Å². The lowest BCUT2D eigenvalue weighted by Crippen LogP contribution is -2.70. The lowest BCUT2D eigenvalue weighted by atomic mass is 9.43. The van der Waals surface area contributed by atoms with E-state index < -0.39 is 41.2 Å². The first kappa shape index (κ1) is 17.1. The molecule has 0 aromatic rings.